The lowest BCUT2D eigenvalue weighted by Gasteiger charge is -2.29. The molecule has 1 N–H and O–H groups in total. The normalized spacial score (nSPS) is 12.4. The maximum Gasteiger partial charge on any atom is 0.305 e. The highest BCUT2D eigenvalue weighted by Crippen LogP contribution is 2.23. The summed E-state index contributed by atoms with van der Waals surface area (Å²) in [4.78, 5) is 15.8. The molecule has 0 bridgehead atoms. The number of ether oxygens (including phenoxy) is 1. The van der Waals surface area contributed by atoms with E-state index in [2.05, 4.69) is 28.4 Å². The summed E-state index contributed by atoms with van der Waals surface area (Å²) in [5, 5.41) is 5.94. The van der Waals surface area contributed by atoms with Gasteiger partial charge in [0, 0.05) is 36.0 Å². The Morgan fingerprint density at radius 2 is 2.32 bits per heavy atom. The SMILES string of the molecule is COC(=O)CCC(C)N(Cc1cccc2occc12)Nc1nccs1. The number of methoxy groups -OCH3 is 1. The Morgan fingerprint density at radius 1 is 1.44 bits per heavy atom. The number of aromatic nitrogens is 1. The second kappa shape index (κ2) is 8.13. The van der Waals surface area contributed by atoms with Crippen molar-refractivity contribution in [3.63, 3.8) is 0 Å². The number of benzene rings is 1. The van der Waals surface area contributed by atoms with Gasteiger partial charge in [-0.15, -0.1) is 11.3 Å². The second-order valence-corrected chi connectivity index (χ2v) is 6.68. The van der Waals surface area contributed by atoms with Crippen LogP contribution >= 0.6 is 11.3 Å². The molecular weight excluding hydrogens is 338 g/mol. The zero-order chi connectivity index (χ0) is 17.6. The number of nitrogens with zero attached hydrogens (tertiary/aromatic N) is 2. The van der Waals surface area contributed by atoms with Crippen molar-refractivity contribution in [1.29, 1.82) is 0 Å². The van der Waals surface area contributed by atoms with Gasteiger partial charge in [0.05, 0.1) is 13.4 Å². The molecular formula is C18H21N3O3S. The number of anilines is 1. The Bertz CT molecular complexity index is 816. The van der Waals surface area contributed by atoms with Gasteiger partial charge in [0.25, 0.3) is 0 Å². The Balaban J connectivity index is 1.78. The molecule has 0 fully saturated rings. The molecule has 1 atom stereocenters. The van der Waals surface area contributed by atoms with Crippen molar-refractivity contribution in [2.24, 2.45) is 0 Å². The van der Waals surface area contributed by atoms with E-state index in [0.29, 0.717) is 19.4 Å². The van der Waals surface area contributed by atoms with Gasteiger partial charge in [0.1, 0.15) is 5.58 Å². The fourth-order valence-corrected chi connectivity index (χ4v) is 3.21. The molecule has 25 heavy (non-hydrogen) atoms. The van der Waals surface area contributed by atoms with Crippen LogP contribution in [0.4, 0.5) is 5.13 Å². The van der Waals surface area contributed by atoms with E-state index in [0.717, 1.165) is 21.7 Å². The van der Waals surface area contributed by atoms with Crippen LogP contribution < -0.4 is 5.43 Å². The van der Waals surface area contributed by atoms with Crippen LogP contribution in [-0.4, -0.2) is 29.1 Å². The molecule has 2 heterocycles. The van der Waals surface area contributed by atoms with Gasteiger partial charge in [-0.3, -0.25) is 10.2 Å². The van der Waals surface area contributed by atoms with E-state index >= 15 is 0 Å². The zero-order valence-electron chi connectivity index (χ0n) is 14.3. The zero-order valence-corrected chi connectivity index (χ0v) is 15.1. The highest BCUT2D eigenvalue weighted by atomic mass is 32.1. The van der Waals surface area contributed by atoms with Crippen molar-refractivity contribution in [2.45, 2.75) is 32.4 Å². The molecule has 132 valence electrons. The van der Waals surface area contributed by atoms with E-state index in [1.54, 1.807) is 12.5 Å². The highest BCUT2D eigenvalue weighted by molar-refractivity contribution is 7.13. The van der Waals surface area contributed by atoms with Crippen LogP contribution in [0.3, 0.4) is 0 Å². The molecule has 0 saturated carbocycles. The maximum absolute atomic E-state index is 11.5. The van der Waals surface area contributed by atoms with E-state index < -0.39 is 0 Å². The monoisotopic (exact) mass is 359 g/mol. The average Bonchev–Trinajstić information content (AvgIpc) is 3.30. The third kappa shape index (κ3) is 4.37. The Kier molecular flexibility index (Phi) is 5.67. The predicted octanol–water partition coefficient (Wildman–Crippen LogP) is 4.06. The summed E-state index contributed by atoms with van der Waals surface area (Å²) in [7, 11) is 1.41. The van der Waals surface area contributed by atoms with Crippen LogP contribution in [0.1, 0.15) is 25.3 Å². The lowest BCUT2D eigenvalue weighted by molar-refractivity contribution is -0.141. The third-order valence-electron chi connectivity index (χ3n) is 4.12. The van der Waals surface area contributed by atoms with E-state index in [1.165, 1.54) is 18.4 Å². The third-order valence-corrected chi connectivity index (χ3v) is 4.80. The number of carbonyl (C=O) groups is 1. The first kappa shape index (κ1) is 17.4. The van der Waals surface area contributed by atoms with Crippen molar-refractivity contribution in [3.8, 4) is 0 Å². The minimum absolute atomic E-state index is 0.116. The fraction of sp³-hybridized carbons (Fsp3) is 0.333. The molecule has 1 aromatic carbocycles. The molecule has 0 aliphatic rings. The molecule has 0 aliphatic heterocycles. The minimum Gasteiger partial charge on any atom is -0.469 e. The van der Waals surface area contributed by atoms with Crippen molar-refractivity contribution < 1.29 is 13.9 Å². The number of rotatable bonds is 8. The van der Waals surface area contributed by atoms with Crippen LogP contribution in [0.5, 0.6) is 0 Å². The Hall–Kier alpha value is -2.38. The van der Waals surface area contributed by atoms with Gasteiger partial charge < -0.3 is 9.15 Å². The Morgan fingerprint density at radius 3 is 3.08 bits per heavy atom. The number of carbonyl (C=O) groups excluding carboxylic acids is 1. The smallest absolute Gasteiger partial charge is 0.305 e. The second-order valence-electron chi connectivity index (χ2n) is 5.79. The lowest BCUT2D eigenvalue weighted by atomic mass is 10.1. The largest absolute Gasteiger partial charge is 0.469 e. The molecule has 2 aromatic heterocycles. The molecule has 0 aliphatic carbocycles. The maximum atomic E-state index is 11.5. The van der Waals surface area contributed by atoms with Gasteiger partial charge >= 0.3 is 5.97 Å². The van der Waals surface area contributed by atoms with Gasteiger partial charge in [0.15, 0.2) is 5.13 Å². The molecule has 7 heteroatoms. The van der Waals surface area contributed by atoms with Crippen LogP contribution in [0.15, 0.2) is 46.5 Å². The molecule has 0 amide bonds. The Labute approximate surface area is 150 Å². The van der Waals surface area contributed by atoms with Crippen molar-refractivity contribution in [1.82, 2.24) is 9.99 Å². The first-order valence-electron chi connectivity index (χ1n) is 8.12. The first-order valence-corrected chi connectivity index (χ1v) is 9.00. The minimum atomic E-state index is -0.196. The van der Waals surface area contributed by atoms with Crippen LogP contribution in [0.2, 0.25) is 0 Å². The summed E-state index contributed by atoms with van der Waals surface area (Å²) in [5.74, 6) is -0.196. The number of hydrogen-bond acceptors (Lipinski definition) is 7. The first-order chi connectivity index (χ1) is 12.2. The lowest BCUT2D eigenvalue weighted by Crippen LogP contribution is -2.38. The summed E-state index contributed by atoms with van der Waals surface area (Å²) in [6.45, 7) is 2.75. The summed E-state index contributed by atoms with van der Waals surface area (Å²) in [6.07, 6.45) is 4.53. The standard InChI is InChI=1S/C18H21N3O3S/c1-13(6-7-17(22)23-2)21(20-18-19-9-11-25-18)12-14-4-3-5-16-15(14)8-10-24-16/h3-5,8-11,13H,6-7,12H2,1-2H3,(H,19,20). The topological polar surface area (TPSA) is 67.6 Å². The molecule has 3 aromatic rings. The van der Waals surface area contributed by atoms with Crippen molar-refractivity contribution in [2.75, 3.05) is 12.5 Å². The van der Waals surface area contributed by atoms with Crippen molar-refractivity contribution in [3.05, 3.63) is 47.7 Å². The van der Waals surface area contributed by atoms with E-state index in [4.69, 9.17) is 9.15 Å². The van der Waals surface area contributed by atoms with Crippen LogP contribution in [0.25, 0.3) is 11.0 Å². The number of hydrazine groups is 1. The number of furan rings is 1. The van der Waals surface area contributed by atoms with Gasteiger partial charge in [-0.25, -0.2) is 9.99 Å². The van der Waals surface area contributed by atoms with Crippen LogP contribution in [-0.2, 0) is 16.1 Å². The molecule has 0 radical (unpaired) electrons. The summed E-state index contributed by atoms with van der Waals surface area (Å²) in [6, 6.07) is 8.12. The number of nitrogens with one attached hydrogen (secondary N) is 1. The molecule has 0 saturated heterocycles. The molecule has 3 rings (SSSR count). The quantitative estimate of drug-likeness (QED) is 0.483. The van der Waals surface area contributed by atoms with Gasteiger partial charge in [-0.1, -0.05) is 12.1 Å². The average molecular weight is 359 g/mol. The fourth-order valence-electron chi connectivity index (χ4n) is 2.67. The summed E-state index contributed by atoms with van der Waals surface area (Å²) >= 11 is 1.54. The molecule has 0 spiro atoms. The molecule has 1 unspecified atom stereocenters. The van der Waals surface area contributed by atoms with E-state index in [9.17, 15) is 4.79 Å². The van der Waals surface area contributed by atoms with Gasteiger partial charge in [0.2, 0.25) is 0 Å². The predicted molar refractivity (Wildman–Crippen MR) is 98.2 cm³/mol. The number of esters is 1. The van der Waals surface area contributed by atoms with Crippen molar-refractivity contribution >= 4 is 33.4 Å². The highest BCUT2D eigenvalue weighted by Gasteiger charge is 2.18. The summed E-state index contributed by atoms with van der Waals surface area (Å²) < 4.78 is 10.2. The van der Waals surface area contributed by atoms with E-state index in [-0.39, 0.29) is 12.0 Å². The van der Waals surface area contributed by atoms with Gasteiger partial charge in [-0.2, -0.15) is 0 Å². The molecule has 6 nitrogen and oxygen atoms in total. The van der Waals surface area contributed by atoms with E-state index in [1.807, 2.05) is 23.6 Å². The number of thiazole rings is 1. The van der Waals surface area contributed by atoms with Gasteiger partial charge in [-0.05, 0) is 31.0 Å². The summed E-state index contributed by atoms with van der Waals surface area (Å²) in [5.41, 5.74) is 5.39. The van der Waals surface area contributed by atoms with Crippen LogP contribution in [0, 0.1) is 0 Å². The number of hydrogen-bond donors (Lipinski definition) is 1. The number of fused-ring (bicyclic) bond motifs is 1.